The monoisotopic (exact) mass is 381 g/mol. The van der Waals surface area contributed by atoms with Gasteiger partial charge in [-0.3, -0.25) is 4.79 Å². The molecule has 0 saturated heterocycles. The maximum Gasteiger partial charge on any atom is 0.387 e. The zero-order valence-corrected chi connectivity index (χ0v) is 14.4. The van der Waals surface area contributed by atoms with Crippen LogP contribution in [0.2, 0.25) is 0 Å². The quantitative estimate of drug-likeness (QED) is 0.686. The molecule has 1 heterocycles. The first-order valence-electron chi connectivity index (χ1n) is 7.89. The second kappa shape index (κ2) is 7.26. The van der Waals surface area contributed by atoms with Crippen molar-refractivity contribution in [1.29, 1.82) is 0 Å². The Morgan fingerprint density at radius 3 is 2.56 bits per heavy atom. The molecule has 1 N–H and O–H groups in total. The minimum atomic E-state index is -3.38. The summed E-state index contributed by atoms with van der Waals surface area (Å²) in [4.78, 5) is 16.5. The van der Waals surface area contributed by atoms with Crippen LogP contribution in [0.5, 0.6) is 5.75 Å². The number of alkyl halides is 2. The number of amides is 1. The van der Waals surface area contributed by atoms with Crippen LogP contribution in [-0.2, 0) is 13.6 Å². The molecular weight excluding hydrogens is 366 g/mol. The highest BCUT2D eigenvalue weighted by atomic mass is 19.3. The van der Waals surface area contributed by atoms with Crippen LogP contribution in [0.1, 0.15) is 21.5 Å². The summed E-state index contributed by atoms with van der Waals surface area (Å²) in [7, 11) is 1.81. The van der Waals surface area contributed by atoms with Crippen LogP contribution in [0.4, 0.5) is 17.6 Å². The molecule has 3 rings (SSSR count). The van der Waals surface area contributed by atoms with Gasteiger partial charge in [0.1, 0.15) is 0 Å². The molecule has 0 spiro atoms. The lowest BCUT2D eigenvalue weighted by molar-refractivity contribution is -0.0546. The molecule has 1 aromatic heterocycles. The number of hydrogen-bond acceptors (Lipinski definition) is 3. The maximum absolute atomic E-state index is 13.8. The van der Waals surface area contributed by atoms with E-state index in [4.69, 9.17) is 0 Å². The number of rotatable bonds is 5. The molecule has 5 nitrogen and oxygen atoms in total. The van der Waals surface area contributed by atoms with Gasteiger partial charge in [-0.05, 0) is 30.7 Å². The minimum absolute atomic E-state index is 0.0973. The molecule has 0 unspecified atom stereocenters. The van der Waals surface area contributed by atoms with Gasteiger partial charge in [0.15, 0.2) is 17.4 Å². The van der Waals surface area contributed by atoms with Gasteiger partial charge in [0.2, 0.25) is 0 Å². The first-order valence-corrected chi connectivity index (χ1v) is 7.89. The molecule has 27 heavy (non-hydrogen) atoms. The normalized spacial score (nSPS) is 11.2. The summed E-state index contributed by atoms with van der Waals surface area (Å²) in [5, 5.41) is 2.58. The van der Waals surface area contributed by atoms with E-state index in [1.54, 1.807) is 10.9 Å². The minimum Gasteiger partial charge on any atom is -0.429 e. The van der Waals surface area contributed by atoms with Crippen LogP contribution in [0, 0.1) is 18.6 Å². The van der Waals surface area contributed by atoms with Gasteiger partial charge in [0.25, 0.3) is 5.91 Å². The van der Waals surface area contributed by atoms with Crippen molar-refractivity contribution < 1.29 is 27.1 Å². The number of carbonyl (C=O) groups excluding carboxylic acids is 1. The number of aromatic nitrogens is 2. The average molecular weight is 381 g/mol. The van der Waals surface area contributed by atoms with Crippen LogP contribution >= 0.6 is 0 Å². The molecule has 9 heteroatoms. The SMILES string of the molecule is Cc1ccc2ncn(C)c2c1CNC(=O)c1cc(F)c(OC(F)F)c(F)c1. The van der Waals surface area contributed by atoms with E-state index in [2.05, 4.69) is 15.0 Å². The van der Waals surface area contributed by atoms with Crippen molar-refractivity contribution in [3.63, 3.8) is 0 Å². The Hall–Kier alpha value is -3.10. The molecule has 1 amide bonds. The lowest BCUT2D eigenvalue weighted by Crippen LogP contribution is -2.24. The van der Waals surface area contributed by atoms with E-state index in [-0.39, 0.29) is 12.1 Å². The van der Waals surface area contributed by atoms with Crippen molar-refractivity contribution >= 4 is 16.9 Å². The largest absolute Gasteiger partial charge is 0.429 e. The van der Waals surface area contributed by atoms with E-state index in [9.17, 15) is 22.4 Å². The Kier molecular flexibility index (Phi) is 5.02. The molecule has 3 aromatic rings. The van der Waals surface area contributed by atoms with Crippen molar-refractivity contribution in [2.24, 2.45) is 7.05 Å². The third-order valence-electron chi connectivity index (χ3n) is 4.11. The second-order valence-electron chi connectivity index (χ2n) is 5.91. The van der Waals surface area contributed by atoms with Crippen molar-refractivity contribution in [3.8, 4) is 5.75 Å². The third-order valence-corrected chi connectivity index (χ3v) is 4.11. The molecule has 0 atom stereocenters. The molecule has 0 aliphatic carbocycles. The van der Waals surface area contributed by atoms with Crippen LogP contribution in [0.15, 0.2) is 30.6 Å². The number of carbonyl (C=O) groups is 1. The zero-order chi connectivity index (χ0) is 19.7. The van der Waals surface area contributed by atoms with E-state index in [1.165, 1.54) is 0 Å². The molecule has 2 aromatic carbocycles. The number of halogens is 4. The van der Waals surface area contributed by atoms with Gasteiger partial charge in [-0.15, -0.1) is 0 Å². The summed E-state index contributed by atoms with van der Waals surface area (Å²) < 4.78 is 57.5. The van der Waals surface area contributed by atoms with Crippen molar-refractivity contribution in [2.45, 2.75) is 20.1 Å². The van der Waals surface area contributed by atoms with E-state index >= 15 is 0 Å². The highest BCUT2D eigenvalue weighted by molar-refractivity contribution is 5.94. The number of fused-ring (bicyclic) bond motifs is 1. The topological polar surface area (TPSA) is 56.2 Å². The number of aryl methyl sites for hydroxylation is 2. The van der Waals surface area contributed by atoms with Gasteiger partial charge in [-0.25, -0.2) is 13.8 Å². The third kappa shape index (κ3) is 3.71. The molecule has 0 saturated carbocycles. The van der Waals surface area contributed by atoms with E-state index in [0.29, 0.717) is 12.1 Å². The number of nitrogens with one attached hydrogen (secondary N) is 1. The Labute approximate surface area is 151 Å². The van der Waals surface area contributed by atoms with E-state index in [1.807, 2.05) is 26.1 Å². The fourth-order valence-electron chi connectivity index (χ4n) is 2.82. The summed E-state index contributed by atoms with van der Waals surface area (Å²) in [6.45, 7) is -1.42. The second-order valence-corrected chi connectivity index (χ2v) is 5.91. The Balaban J connectivity index is 1.83. The predicted molar refractivity (Wildman–Crippen MR) is 89.6 cm³/mol. The molecule has 0 radical (unpaired) electrons. The lowest BCUT2D eigenvalue weighted by Gasteiger charge is -2.12. The van der Waals surface area contributed by atoms with Crippen LogP contribution < -0.4 is 10.1 Å². The van der Waals surface area contributed by atoms with Gasteiger partial charge in [0.05, 0.1) is 17.4 Å². The molecule has 0 fully saturated rings. The zero-order valence-electron chi connectivity index (χ0n) is 14.4. The number of imidazole rings is 1. The predicted octanol–water partition coefficient (Wildman–Crippen LogP) is 3.69. The van der Waals surface area contributed by atoms with Gasteiger partial charge in [-0.1, -0.05) is 6.07 Å². The van der Waals surface area contributed by atoms with E-state index < -0.39 is 29.9 Å². The molecular formula is C18H15F4N3O2. The average Bonchev–Trinajstić information content (AvgIpc) is 2.98. The molecule has 0 aliphatic rings. The maximum atomic E-state index is 13.8. The number of hydrogen-bond donors (Lipinski definition) is 1. The van der Waals surface area contributed by atoms with Crippen molar-refractivity contribution in [1.82, 2.24) is 14.9 Å². The Morgan fingerprint density at radius 1 is 1.26 bits per heavy atom. The Bertz CT molecular complexity index is 994. The molecule has 0 aliphatic heterocycles. The number of nitrogens with zero attached hydrogens (tertiary/aromatic N) is 2. The van der Waals surface area contributed by atoms with Gasteiger partial charge in [-0.2, -0.15) is 8.78 Å². The number of benzene rings is 2. The summed E-state index contributed by atoms with van der Waals surface area (Å²) in [6, 6.07) is 5.00. The number of ether oxygens (including phenoxy) is 1. The summed E-state index contributed by atoms with van der Waals surface area (Å²) >= 11 is 0. The van der Waals surface area contributed by atoms with E-state index in [0.717, 1.165) is 22.2 Å². The van der Waals surface area contributed by atoms with Crippen LogP contribution in [-0.4, -0.2) is 22.1 Å². The highest BCUT2D eigenvalue weighted by Crippen LogP contribution is 2.25. The smallest absolute Gasteiger partial charge is 0.387 e. The first kappa shape index (κ1) is 18.7. The molecule has 142 valence electrons. The lowest BCUT2D eigenvalue weighted by atomic mass is 10.1. The summed E-state index contributed by atoms with van der Waals surface area (Å²) in [6.07, 6.45) is 1.64. The highest BCUT2D eigenvalue weighted by Gasteiger charge is 2.20. The fraction of sp³-hybridized carbons (Fsp3) is 0.222. The van der Waals surface area contributed by atoms with Crippen molar-refractivity contribution in [3.05, 3.63) is 58.9 Å². The summed E-state index contributed by atoms with van der Waals surface area (Å²) in [5.74, 6) is -4.75. The van der Waals surface area contributed by atoms with Crippen LogP contribution in [0.3, 0.4) is 0 Å². The Morgan fingerprint density at radius 2 is 1.93 bits per heavy atom. The van der Waals surface area contributed by atoms with Crippen LogP contribution in [0.25, 0.3) is 11.0 Å². The summed E-state index contributed by atoms with van der Waals surface area (Å²) in [5.41, 5.74) is 2.94. The van der Waals surface area contributed by atoms with Gasteiger partial charge < -0.3 is 14.6 Å². The van der Waals surface area contributed by atoms with Gasteiger partial charge >= 0.3 is 6.61 Å². The first-order chi connectivity index (χ1) is 12.8. The molecule has 0 bridgehead atoms. The van der Waals surface area contributed by atoms with Crippen molar-refractivity contribution in [2.75, 3.05) is 0 Å². The standard InChI is InChI=1S/C18H15F4N3O2/c1-9-3-4-14-15(25(2)8-24-14)11(9)7-23-17(26)10-5-12(19)16(13(20)6-10)27-18(21)22/h3-6,8,18H,7H2,1-2H3,(H,23,26). The van der Waals surface area contributed by atoms with Gasteiger partial charge in [0, 0.05) is 24.7 Å². The fourth-order valence-corrected chi connectivity index (χ4v) is 2.82.